The number of nitrogens with one attached hydrogen (secondary N) is 1. The number of ether oxygens (including phenoxy) is 1. The van der Waals surface area contributed by atoms with Crippen molar-refractivity contribution in [2.45, 2.75) is 13.3 Å². The molecule has 5 heteroatoms. The summed E-state index contributed by atoms with van der Waals surface area (Å²) in [5.74, 6) is -1.18. The summed E-state index contributed by atoms with van der Waals surface area (Å²) >= 11 is 0. The van der Waals surface area contributed by atoms with E-state index in [2.05, 4.69) is 5.32 Å². The maximum Gasteiger partial charge on any atom is 0.329 e. The summed E-state index contributed by atoms with van der Waals surface area (Å²) in [7, 11) is 0. The van der Waals surface area contributed by atoms with Gasteiger partial charge in [-0.2, -0.15) is 0 Å². The average molecular weight is 251 g/mol. The summed E-state index contributed by atoms with van der Waals surface area (Å²) in [4.78, 5) is 22.0. The van der Waals surface area contributed by atoms with Gasteiger partial charge in [0.15, 0.2) is 0 Å². The molecule has 98 valence electrons. The normalized spacial score (nSPS) is 10.1. The van der Waals surface area contributed by atoms with Crippen molar-refractivity contribution in [3.63, 3.8) is 0 Å². The third-order valence-electron chi connectivity index (χ3n) is 2.40. The summed E-state index contributed by atoms with van der Waals surface area (Å²) in [6.45, 7) is 2.12. The van der Waals surface area contributed by atoms with Gasteiger partial charge in [-0.3, -0.25) is 4.79 Å². The Hall–Kier alpha value is -1.88. The van der Waals surface area contributed by atoms with Crippen molar-refractivity contribution in [3.05, 3.63) is 35.4 Å². The molecule has 0 saturated heterocycles. The van der Waals surface area contributed by atoms with Gasteiger partial charge in [0.2, 0.25) is 0 Å². The van der Waals surface area contributed by atoms with Crippen LogP contribution in [0.3, 0.4) is 0 Å². The topological polar surface area (TPSA) is 75.6 Å². The molecule has 5 nitrogen and oxygen atoms in total. The Morgan fingerprint density at radius 1 is 1.33 bits per heavy atom. The fourth-order valence-corrected chi connectivity index (χ4v) is 1.54. The highest BCUT2D eigenvalue weighted by molar-refractivity contribution is 5.95. The van der Waals surface area contributed by atoms with E-state index in [0.717, 1.165) is 12.0 Å². The minimum absolute atomic E-state index is 0.161. The van der Waals surface area contributed by atoms with Crippen LogP contribution in [0.4, 0.5) is 0 Å². The summed E-state index contributed by atoms with van der Waals surface area (Å²) in [6.07, 6.45) is 0.791. The molecule has 18 heavy (non-hydrogen) atoms. The Bertz CT molecular complexity index is 417. The van der Waals surface area contributed by atoms with Crippen molar-refractivity contribution in [2.75, 3.05) is 19.8 Å². The van der Waals surface area contributed by atoms with Crippen LogP contribution in [0.2, 0.25) is 0 Å². The molecule has 0 spiro atoms. The molecule has 0 radical (unpaired) electrons. The Kier molecular flexibility index (Phi) is 5.87. The van der Waals surface area contributed by atoms with Crippen LogP contribution in [0.5, 0.6) is 0 Å². The highest BCUT2D eigenvalue weighted by Gasteiger charge is 2.08. The second-order valence-electron chi connectivity index (χ2n) is 3.71. The molecule has 0 heterocycles. The first-order valence-corrected chi connectivity index (χ1v) is 5.80. The van der Waals surface area contributed by atoms with E-state index in [1.165, 1.54) is 0 Å². The van der Waals surface area contributed by atoms with E-state index in [-0.39, 0.29) is 19.1 Å². The molecule has 1 amide bonds. The monoisotopic (exact) mass is 251 g/mol. The lowest BCUT2D eigenvalue weighted by atomic mass is 10.0. The highest BCUT2D eigenvalue weighted by atomic mass is 16.5. The van der Waals surface area contributed by atoms with Crippen LogP contribution in [0.25, 0.3) is 0 Å². The smallest absolute Gasteiger partial charge is 0.329 e. The Labute approximate surface area is 106 Å². The number of rotatable bonds is 7. The quantitative estimate of drug-likeness (QED) is 0.711. The summed E-state index contributed by atoms with van der Waals surface area (Å²) in [5, 5.41) is 11.0. The zero-order valence-corrected chi connectivity index (χ0v) is 10.3. The lowest BCUT2D eigenvalue weighted by Crippen LogP contribution is -2.28. The molecule has 2 N–H and O–H groups in total. The molecular formula is C13H17NO4. The number of carbonyl (C=O) groups is 2. The van der Waals surface area contributed by atoms with E-state index in [4.69, 9.17) is 9.84 Å². The van der Waals surface area contributed by atoms with Gasteiger partial charge in [-0.1, -0.05) is 25.1 Å². The fourth-order valence-electron chi connectivity index (χ4n) is 1.54. The van der Waals surface area contributed by atoms with Gasteiger partial charge < -0.3 is 15.2 Å². The molecule has 0 aliphatic heterocycles. The van der Waals surface area contributed by atoms with E-state index in [9.17, 15) is 9.59 Å². The van der Waals surface area contributed by atoms with E-state index < -0.39 is 5.97 Å². The van der Waals surface area contributed by atoms with Gasteiger partial charge in [0.1, 0.15) is 6.61 Å². The van der Waals surface area contributed by atoms with Gasteiger partial charge in [0.05, 0.1) is 6.61 Å². The van der Waals surface area contributed by atoms with Crippen molar-refractivity contribution in [1.29, 1.82) is 0 Å². The minimum Gasteiger partial charge on any atom is -0.480 e. The molecule has 1 rings (SSSR count). The second kappa shape index (κ2) is 7.45. The standard InChI is InChI=1S/C13H17NO4/c1-2-10-5-3-4-6-11(10)13(17)14-7-8-18-9-12(15)16/h3-6H,2,7-9H2,1H3,(H,14,17)(H,15,16). The molecule has 1 aromatic carbocycles. The molecule has 0 saturated carbocycles. The number of hydrogen-bond acceptors (Lipinski definition) is 3. The maximum atomic E-state index is 11.8. The Morgan fingerprint density at radius 3 is 2.72 bits per heavy atom. The first kappa shape index (κ1) is 14.2. The molecule has 0 atom stereocenters. The highest BCUT2D eigenvalue weighted by Crippen LogP contribution is 2.08. The predicted molar refractivity (Wildman–Crippen MR) is 66.6 cm³/mol. The van der Waals surface area contributed by atoms with Gasteiger partial charge in [0, 0.05) is 12.1 Å². The Balaban J connectivity index is 2.38. The van der Waals surface area contributed by atoms with Crippen LogP contribution in [0.15, 0.2) is 24.3 Å². The van der Waals surface area contributed by atoms with Crippen LogP contribution in [0.1, 0.15) is 22.8 Å². The van der Waals surface area contributed by atoms with Crippen molar-refractivity contribution in [3.8, 4) is 0 Å². The van der Waals surface area contributed by atoms with Crippen LogP contribution in [0, 0.1) is 0 Å². The van der Waals surface area contributed by atoms with E-state index in [0.29, 0.717) is 12.1 Å². The predicted octanol–water partition coefficient (Wildman–Crippen LogP) is 1.08. The first-order valence-electron chi connectivity index (χ1n) is 5.80. The zero-order valence-electron chi connectivity index (χ0n) is 10.3. The first-order chi connectivity index (χ1) is 8.65. The van der Waals surface area contributed by atoms with Crippen LogP contribution >= 0.6 is 0 Å². The van der Waals surface area contributed by atoms with Crippen LogP contribution in [-0.2, 0) is 16.0 Å². The van der Waals surface area contributed by atoms with Crippen molar-refractivity contribution >= 4 is 11.9 Å². The molecule has 0 aliphatic rings. The third kappa shape index (κ3) is 4.55. The van der Waals surface area contributed by atoms with Gasteiger partial charge >= 0.3 is 5.97 Å². The molecule has 0 bridgehead atoms. The van der Waals surface area contributed by atoms with Crippen LogP contribution < -0.4 is 5.32 Å². The van der Waals surface area contributed by atoms with Crippen molar-refractivity contribution in [1.82, 2.24) is 5.32 Å². The lowest BCUT2D eigenvalue weighted by Gasteiger charge is -2.08. The molecule has 0 aromatic heterocycles. The van der Waals surface area contributed by atoms with Gasteiger partial charge in [0.25, 0.3) is 5.91 Å². The number of aryl methyl sites for hydroxylation is 1. The average Bonchev–Trinajstić information content (AvgIpc) is 2.37. The van der Waals surface area contributed by atoms with E-state index in [1.54, 1.807) is 6.07 Å². The number of benzene rings is 1. The van der Waals surface area contributed by atoms with Gasteiger partial charge in [-0.05, 0) is 18.1 Å². The van der Waals surface area contributed by atoms with Gasteiger partial charge in [-0.25, -0.2) is 4.79 Å². The van der Waals surface area contributed by atoms with Crippen molar-refractivity contribution < 1.29 is 19.4 Å². The summed E-state index contributed by atoms with van der Waals surface area (Å²) < 4.78 is 4.82. The van der Waals surface area contributed by atoms with Crippen LogP contribution in [-0.4, -0.2) is 36.7 Å². The number of aliphatic carboxylic acids is 1. The number of amides is 1. The van der Waals surface area contributed by atoms with E-state index in [1.807, 2.05) is 25.1 Å². The second-order valence-corrected chi connectivity index (χ2v) is 3.71. The van der Waals surface area contributed by atoms with E-state index >= 15 is 0 Å². The molecule has 0 aliphatic carbocycles. The third-order valence-corrected chi connectivity index (χ3v) is 2.40. The molecule has 1 aromatic rings. The minimum atomic E-state index is -1.02. The Morgan fingerprint density at radius 2 is 2.06 bits per heavy atom. The summed E-state index contributed by atoms with van der Waals surface area (Å²) in [5.41, 5.74) is 1.64. The number of carboxylic acids is 1. The maximum absolute atomic E-state index is 11.8. The molecule has 0 fully saturated rings. The number of carbonyl (C=O) groups excluding carboxylic acids is 1. The fraction of sp³-hybridized carbons (Fsp3) is 0.385. The largest absolute Gasteiger partial charge is 0.480 e. The SMILES string of the molecule is CCc1ccccc1C(=O)NCCOCC(=O)O. The molecule has 0 unspecified atom stereocenters. The lowest BCUT2D eigenvalue weighted by molar-refractivity contribution is -0.142. The summed E-state index contributed by atoms with van der Waals surface area (Å²) in [6, 6.07) is 7.39. The molecular weight excluding hydrogens is 234 g/mol. The number of hydrogen-bond donors (Lipinski definition) is 2. The zero-order chi connectivity index (χ0) is 13.4. The number of carboxylic acid groups (broad SMARTS) is 1. The van der Waals surface area contributed by atoms with Gasteiger partial charge in [-0.15, -0.1) is 0 Å². The van der Waals surface area contributed by atoms with Crippen molar-refractivity contribution in [2.24, 2.45) is 0 Å².